The summed E-state index contributed by atoms with van der Waals surface area (Å²) in [7, 11) is 0. The Hall–Kier alpha value is -3.24. The molecule has 0 amide bonds. The Labute approximate surface area is 131 Å². The first-order valence-corrected chi connectivity index (χ1v) is 6.87. The SMILES string of the molecule is CCCCNc1nc(N)nc(N/N=C/c2ccc([N+](=O)[O-])o2)n1. The molecule has 11 heteroatoms. The maximum absolute atomic E-state index is 10.5. The van der Waals surface area contributed by atoms with Gasteiger partial charge in [-0.25, -0.2) is 5.43 Å². The first kappa shape index (κ1) is 16.1. The number of aromatic nitrogens is 3. The molecule has 0 aliphatic heterocycles. The lowest BCUT2D eigenvalue weighted by molar-refractivity contribution is -0.402. The highest BCUT2D eigenvalue weighted by atomic mass is 16.6. The molecule has 2 aromatic heterocycles. The van der Waals surface area contributed by atoms with Crippen LogP contribution in [0.1, 0.15) is 25.5 Å². The van der Waals surface area contributed by atoms with Gasteiger partial charge in [0.1, 0.15) is 4.92 Å². The molecule has 11 nitrogen and oxygen atoms in total. The molecular formula is C12H16N8O3. The second kappa shape index (κ2) is 7.68. The third-order valence-corrected chi connectivity index (χ3v) is 2.62. The van der Waals surface area contributed by atoms with Crippen LogP contribution >= 0.6 is 0 Å². The van der Waals surface area contributed by atoms with Gasteiger partial charge in [-0.1, -0.05) is 13.3 Å². The van der Waals surface area contributed by atoms with Gasteiger partial charge in [0.2, 0.25) is 17.8 Å². The van der Waals surface area contributed by atoms with Gasteiger partial charge in [-0.05, 0) is 12.5 Å². The third kappa shape index (κ3) is 4.91. The molecule has 0 saturated carbocycles. The Kier molecular flexibility index (Phi) is 5.39. The van der Waals surface area contributed by atoms with Crippen LogP contribution in [0.2, 0.25) is 0 Å². The molecule has 0 bridgehead atoms. The number of nitro groups is 1. The molecule has 0 spiro atoms. The fourth-order valence-corrected chi connectivity index (χ4v) is 1.56. The van der Waals surface area contributed by atoms with Gasteiger partial charge in [0.05, 0.1) is 12.3 Å². The number of nitrogens with two attached hydrogens (primary N) is 1. The van der Waals surface area contributed by atoms with Crippen LogP contribution in [0.5, 0.6) is 0 Å². The molecule has 0 aliphatic carbocycles. The topological polar surface area (TPSA) is 157 Å². The van der Waals surface area contributed by atoms with E-state index in [4.69, 9.17) is 10.2 Å². The van der Waals surface area contributed by atoms with E-state index in [0.717, 1.165) is 19.4 Å². The quantitative estimate of drug-likeness (QED) is 0.284. The number of nitrogen functional groups attached to an aromatic ring is 1. The summed E-state index contributed by atoms with van der Waals surface area (Å²) in [5.74, 6) is 0.391. The zero-order valence-electron chi connectivity index (χ0n) is 12.4. The average molecular weight is 320 g/mol. The van der Waals surface area contributed by atoms with Crippen LogP contribution in [-0.2, 0) is 0 Å². The molecule has 0 fully saturated rings. The van der Waals surface area contributed by atoms with Gasteiger partial charge in [0.15, 0.2) is 5.76 Å². The molecule has 2 aromatic rings. The maximum atomic E-state index is 10.5. The molecule has 2 rings (SSSR count). The van der Waals surface area contributed by atoms with E-state index in [1.165, 1.54) is 18.3 Å². The molecule has 122 valence electrons. The summed E-state index contributed by atoms with van der Waals surface area (Å²) in [5.41, 5.74) is 8.16. The van der Waals surface area contributed by atoms with Gasteiger partial charge in [0.25, 0.3) is 0 Å². The number of unbranched alkanes of at least 4 members (excludes halogenated alkanes) is 1. The van der Waals surface area contributed by atoms with Crippen LogP contribution in [0.25, 0.3) is 0 Å². The van der Waals surface area contributed by atoms with E-state index in [1.807, 2.05) is 0 Å². The second-order valence-electron chi connectivity index (χ2n) is 4.42. The first-order chi connectivity index (χ1) is 11.1. The first-order valence-electron chi connectivity index (χ1n) is 6.87. The van der Waals surface area contributed by atoms with Crippen molar-refractivity contribution < 1.29 is 9.34 Å². The highest BCUT2D eigenvalue weighted by Crippen LogP contribution is 2.14. The lowest BCUT2D eigenvalue weighted by Crippen LogP contribution is -2.10. The van der Waals surface area contributed by atoms with Crippen LogP contribution in [0.4, 0.5) is 23.7 Å². The molecule has 0 atom stereocenters. The number of hydrazone groups is 1. The minimum absolute atomic E-state index is 0.0466. The largest absolute Gasteiger partial charge is 0.433 e. The molecule has 0 saturated heterocycles. The third-order valence-electron chi connectivity index (χ3n) is 2.62. The lowest BCUT2D eigenvalue weighted by atomic mass is 10.3. The Morgan fingerprint density at radius 3 is 2.87 bits per heavy atom. The molecule has 23 heavy (non-hydrogen) atoms. The minimum Gasteiger partial charge on any atom is -0.400 e. The molecule has 0 aromatic carbocycles. The maximum Gasteiger partial charge on any atom is 0.433 e. The smallest absolute Gasteiger partial charge is 0.400 e. The van der Waals surface area contributed by atoms with Crippen LogP contribution in [-0.4, -0.2) is 32.6 Å². The van der Waals surface area contributed by atoms with E-state index in [1.54, 1.807) is 0 Å². The minimum atomic E-state index is -0.633. The fourth-order valence-electron chi connectivity index (χ4n) is 1.56. The molecule has 0 aliphatic rings. The van der Waals surface area contributed by atoms with Gasteiger partial charge in [0, 0.05) is 6.54 Å². The molecule has 0 unspecified atom stereocenters. The zero-order valence-corrected chi connectivity index (χ0v) is 12.4. The van der Waals surface area contributed by atoms with Crippen molar-refractivity contribution in [2.24, 2.45) is 5.10 Å². The highest BCUT2D eigenvalue weighted by Gasteiger charge is 2.10. The summed E-state index contributed by atoms with van der Waals surface area (Å²) in [6.07, 6.45) is 3.28. The summed E-state index contributed by atoms with van der Waals surface area (Å²) in [5, 5.41) is 17.4. The van der Waals surface area contributed by atoms with Gasteiger partial charge in [-0.2, -0.15) is 20.1 Å². The van der Waals surface area contributed by atoms with Gasteiger partial charge >= 0.3 is 5.88 Å². The normalized spacial score (nSPS) is 10.8. The van der Waals surface area contributed by atoms with Crippen molar-refractivity contribution in [2.75, 3.05) is 23.0 Å². The van der Waals surface area contributed by atoms with Crippen molar-refractivity contribution in [3.63, 3.8) is 0 Å². The van der Waals surface area contributed by atoms with E-state index in [2.05, 4.69) is 37.7 Å². The predicted molar refractivity (Wildman–Crippen MR) is 84.2 cm³/mol. The van der Waals surface area contributed by atoms with E-state index in [-0.39, 0.29) is 23.5 Å². The molecular weight excluding hydrogens is 304 g/mol. The Bertz CT molecular complexity index is 699. The van der Waals surface area contributed by atoms with Crippen LogP contribution in [0, 0.1) is 10.1 Å². The molecule has 4 N–H and O–H groups in total. The van der Waals surface area contributed by atoms with E-state index < -0.39 is 4.92 Å². The van der Waals surface area contributed by atoms with Crippen molar-refractivity contribution in [3.05, 3.63) is 28.0 Å². The van der Waals surface area contributed by atoms with Crippen molar-refractivity contribution in [1.29, 1.82) is 0 Å². The second-order valence-corrected chi connectivity index (χ2v) is 4.42. The zero-order chi connectivity index (χ0) is 16.7. The van der Waals surface area contributed by atoms with Crippen LogP contribution < -0.4 is 16.5 Å². The summed E-state index contributed by atoms with van der Waals surface area (Å²) < 4.78 is 4.92. The number of nitrogens with one attached hydrogen (secondary N) is 2. The number of hydrogen-bond acceptors (Lipinski definition) is 10. The lowest BCUT2D eigenvalue weighted by Gasteiger charge is -2.05. The number of furan rings is 1. The summed E-state index contributed by atoms with van der Waals surface area (Å²) in [6, 6.07) is 2.65. The van der Waals surface area contributed by atoms with Crippen LogP contribution in [0.3, 0.4) is 0 Å². The van der Waals surface area contributed by atoms with Crippen molar-refractivity contribution in [1.82, 2.24) is 15.0 Å². The van der Waals surface area contributed by atoms with Gasteiger partial charge in [-0.3, -0.25) is 10.1 Å². The Balaban J connectivity index is 1.98. The monoisotopic (exact) mass is 320 g/mol. The van der Waals surface area contributed by atoms with E-state index in [9.17, 15) is 10.1 Å². The van der Waals surface area contributed by atoms with Crippen LogP contribution in [0.15, 0.2) is 21.7 Å². The van der Waals surface area contributed by atoms with Crippen molar-refractivity contribution >= 4 is 29.9 Å². The average Bonchev–Trinajstić information content (AvgIpc) is 2.96. The highest BCUT2D eigenvalue weighted by molar-refractivity contribution is 5.76. The molecule has 2 heterocycles. The Morgan fingerprint density at radius 1 is 1.39 bits per heavy atom. The number of anilines is 3. The number of rotatable bonds is 8. The van der Waals surface area contributed by atoms with Gasteiger partial charge in [-0.15, -0.1) is 0 Å². The molecule has 0 radical (unpaired) electrons. The van der Waals surface area contributed by atoms with Crippen molar-refractivity contribution in [2.45, 2.75) is 19.8 Å². The number of hydrogen-bond donors (Lipinski definition) is 3. The standard InChI is InChI=1S/C12H16N8O3/c1-2-3-6-14-11-16-10(13)17-12(18-11)19-15-7-8-4-5-9(23-8)20(21)22/h4-5,7H,2-3,6H2,1H3,(H4,13,14,16,17,18,19)/b15-7+. The summed E-state index contributed by atoms with van der Waals surface area (Å²) in [6.45, 7) is 2.79. The van der Waals surface area contributed by atoms with E-state index >= 15 is 0 Å². The van der Waals surface area contributed by atoms with Gasteiger partial charge < -0.3 is 15.5 Å². The summed E-state index contributed by atoms with van der Waals surface area (Å²) >= 11 is 0. The van der Waals surface area contributed by atoms with E-state index in [0.29, 0.717) is 5.95 Å². The Morgan fingerprint density at radius 2 is 2.17 bits per heavy atom. The predicted octanol–water partition coefficient (Wildman–Crippen LogP) is 1.61. The number of nitrogens with zero attached hydrogens (tertiary/aromatic N) is 5. The van der Waals surface area contributed by atoms with Crippen molar-refractivity contribution in [3.8, 4) is 0 Å². The fraction of sp³-hybridized carbons (Fsp3) is 0.333. The summed E-state index contributed by atoms with van der Waals surface area (Å²) in [4.78, 5) is 21.8.